The summed E-state index contributed by atoms with van der Waals surface area (Å²) < 4.78 is 101. The molecule has 0 aromatic carbocycles. The Morgan fingerprint density at radius 3 is 2.42 bits per heavy atom. The predicted molar refractivity (Wildman–Crippen MR) is 123 cm³/mol. The Morgan fingerprint density at radius 2 is 1.80 bits per heavy atom. The highest BCUT2D eigenvalue weighted by Gasteiger charge is 2.45. The molecule has 0 spiro atoms. The van der Waals surface area contributed by atoms with Crippen molar-refractivity contribution in [2.75, 3.05) is 19.7 Å². The molecule has 0 saturated carbocycles. The molecule has 1 saturated heterocycles. The zero-order valence-electron chi connectivity index (χ0n) is 21.0. The van der Waals surface area contributed by atoms with Crippen molar-refractivity contribution in [3.8, 4) is 17.4 Å². The molecule has 16 heteroatoms. The monoisotopic (exact) mass is 577 g/mol. The van der Waals surface area contributed by atoms with Gasteiger partial charge in [0.2, 0.25) is 0 Å². The number of carbonyl (C=O) groups excluding carboxylic acids is 2. The van der Waals surface area contributed by atoms with E-state index in [2.05, 4.69) is 20.0 Å². The van der Waals surface area contributed by atoms with E-state index >= 15 is 0 Å². The fraction of sp³-hybridized carbons (Fsp3) is 0.417. The summed E-state index contributed by atoms with van der Waals surface area (Å²) in [4.78, 5) is 33.2. The molecular weight excluding hydrogens is 555 g/mol. The van der Waals surface area contributed by atoms with Crippen LogP contribution in [0.3, 0.4) is 0 Å². The molecule has 3 aromatic rings. The van der Waals surface area contributed by atoms with Gasteiger partial charge in [0.25, 0.3) is 11.8 Å². The van der Waals surface area contributed by atoms with Crippen molar-refractivity contribution in [2.24, 2.45) is 0 Å². The minimum atomic E-state index is -4.97. The standard InChI is InChI=1S/C24H22F7N5O4/c1-13-18(19(37)34-22(2)5-7-35(8-6-22)21(38)24(29,30)31)33-17-4-3-15(11-36(13)17)40-20-16(9-14(25)10-32-20)39-12-23(26,27)28/h3-4,9-11H,5-8,12H2,1-2H3,(H,34,37). The molecule has 0 bridgehead atoms. The first-order valence-electron chi connectivity index (χ1n) is 11.7. The average Bonchev–Trinajstić information content (AvgIpc) is 3.19. The number of ether oxygens (including phenoxy) is 2. The lowest BCUT2D eigenvalue weighted by Crippen LogP contribution is -2.56. The Hall–Kier alpha value is -4.11. The molecule has 1 aliphatic rings. The van der Waals surface area contributed by atoms with Gasteiger partial charge in [-0.3, -0.25) is 14.0 Å². The predicted octanol–water partition coefficient (Wildman–Crippen LogP) is 4.58. The van der Waals surface area contributed by atoms with Crippen LogP contribution in [-0.4, -0.2) is 68.7 Å². The van der Waals surface area contributed by atoms with E-state index in [4.69, 9.17) is 4.74 Å². The molecule has 216 valence electrons. The number of nitrogens with zero attached hydrogens (tertiary/aromatic N) is 4. The van der Waals surface area contributed by atoms with E-state index in [1.54, 1.807) is 13.8 Å². The summed E-state index contributed by atoms with van der Waals surface area (Å²) in [6.07, 6.45) is -7.35. The zero-order valence-corrected chi connectivity index (χ0v) is 21.0. The van der Waals surface area contributed by atoms with Crippen LogP contribution in [0.15, 0.2) is 30.6 Å². The van der Waals surface area contributed by atoms with E-state index in [1.165, 1.54) is 22.7 Å². The highest BCUT2D eigenvalue weighted by molar-refractivity contribution is 5.94. The number of alkyl halides is 6. The normalized spacial score (nSPS) is 15.7. The lowest BCUT2D eigenvalue weighted by Gasteiger charge is -2.40. The molecule has 4 heterocycles. The number of rotatable bonds is 6. The maximum Gasteiger partial charge on any atom is 0.471 e. The van der Waals surface area contributed by atoms with Gasteiger partial charge in [0.15, 0.2) is 12.4 Å². The molecule has 3 aromatic heterocycles. The summed E-state index contributed by atoms with van der Waals surface area (Å²) in [5.41, 5.74) is -0.212. The smallest absolute Gasteiger partial charge is 0.471 e. The lowest BCUT2D eigenvalue weighted by molar-refractivity contribution is -0.186. The van der Waals surface area contributed by atoms with Crippen LogP contribution < -0.4 is 14.8 Å². The first kappa shape index (κ1) is 28.9. The van der Waals surface area contributed by atoms with Crippen molar-refractivity contribution < 1.29 is 49.8 Å². The zero-order chi connectivity index (χ0) is 29.5. The van der Waals surface area contributed by atoms with Crippen LogP contribution in [0.25, 0.3) is 5.65 Å². The molecule has 0 aliphatic carbocycles. The van der Waals surface area contributed by atoms with Gasteiger partial charge >= 0.3 is 18.3 Å². The Morgan fingerprint density at radius 1 is 1.12 bits per heavy atom. The van der Waals surface area contributed by atoms with Crippen LogP contribution in [0.2, 0.25) is 0 Å². The van der Waals surface area contributed by atoms with E-state index in [0.717, 1.165) is 6.20 Å². The third-order valence-corrected chi connectivity index (χ3v) is 6.25. The van der Waals surface area contributed by atoms with Gasteiger partial charge in [0, 0.05) is 24.7 Å². The minimum Gasteiger partial charge on any atom is -0.478 e. The van der Waals surface area contributed by atoms with Crippen molar-refractivity contribution in [3.05, 3.63) is 47.8 Å². The molecule has 9 nitrogen and oxygen atoms in total. The fourth-order valence-corrected chi connectivity index (χ4v) is 4.12. The third-order valence-electron chi connectivity index (χ3n) is 6.25. The molecule has 2 amide bonds. The number of carbonyl (C=O) groups is 2. The second kappa shape index (κ2) is 10.5. The summed E-state index contributed by atoms with van der Waals surface area (Å²) in [6, 6.07) is 3.56. The molecule has 1 aliphatic heterocycles. The highest BCUT2D eigenvalue weighted by Crippen LogP contribution is 2.32. The van der Waals surface area contributed by atoms with E-state index < -0.39 is 53.8 Å². The Balaban J connectivity index is 1.49. The maximum atomic E-state index is 13.6. The van der Waals surface area contributed by atoms with Crippen LogP contribution in [0.4, 0.5) is 30.7 Å². The molecule has 0 unspecified atom stereocenters. The highest BCUT2D eigenvalue weighted by atomic mass is 19.4. The SMILES string of the molecule is Cc1c(C(=O)NC2(C)CCN(C(=O)C(F)(F)F)CC2)nc2ccc(Oc3ncc(F)cc3OCC(F)(F)F)cn12. The quantitative estimate of drug-likeness (QED) is 0.431. The third kappa shape index (κ3) is 6.54. The molecule has 0 atom stereocenters. The van der Waals surface area contributed by atoms with Crippen molar-refractivity contribution >= 4 is 17.5 Å². The molecule has 0 radical (unpaired) electrons. The number of hydrogen-bond donors (Lipinski definition) is 1. The van der Waals surface area contributed by atoms with Gasteiger partial charge in [-0.05, 0) is 38.8 Å². The summed E-state index contributed by atoms with van der Waals surface area (Å²) in [6.45, 7) is 1.16. The van der Waals surface area contributed by atoms with Crippen molar-refractivity contribution in [1.29, 1.82) is 0 Å². The van der Waals surface area contributed by atoms with Crippen LogP contribution >= 0.6 is 0 Å². The number of piperidine rings is 1. The largest absolute Gasteiger partial charge is 0.478 e. The average molecular weight is 577 g/mol. The number of halogens is 7. The van der Waals surface area contributed by atoms with E-state index in [-0.39, 0.29) is 37.4 Å². The minimum absolute atomic E-state index is 0.0151. The number of hydrogen-bond acceptors (Lipinski definition) is 6. The number of fused-ring (bicyclic) bond motifs is 1. The molecular formula is C24H22F7N5O4. The number of likely N-dealkylation sites (tertiary alicyclic amines) is 1. The Labute approximate surface area is 221 Å². The number of aromatic nitrogens is 3. The van der Waals surface area contributed by atoms with Crippen molar-refractivity contribution in [2.45, 2.75) is 44.6 Å². The Kier molecular flexibility index (Phi) is 7.56. The lowest BCUT2D eigenvalue weighted by atomic mass is 9.89. The summed E-state index contributed by atoms with van der Waals surface area (Å²) in [5, 5.41) is 2.79. The molecule has 1 N–H and O–H groups in total. The second-order valence-corrected chi connectivity index (χ2v) is 9.41. The van der Waals surface area contributed by atoms with Crippen molar-refractivity contribution in [3.63, 3.8) is 0 Å². The van der Waals surface area contributed by atoms with Gasteiger partial charge in [-0.1, -0.05) is 0 Å². The van der Waals surface area contributed by atoms with E-state index in [0.29, 0.717) is 22.3 Å². The van der Waals surface area contributed by atoms with E-state index in [1.807, 2.05) is 0 Å². The van der Waals surface area contributed by atoms with Gasteiger partial charge in [-0.2, -0.15) is 26.3 Å². The number of nitrogens with one attached hydrogen (secondary N) is 1. The second-order valence-electron chi connectivity index (χ2n) is 9.41. The van der Waals surface area contributed by atoms with Crippen molar-refractivity contribution in [1.82, 2.24) is 24.6 Å². The fourth-order valence-electron chi connectivity index (χ4n) is 4.12. The Bertz CT molecular complexity index is 1430. The molecule has 1 fully saturated rings. The van der Waals surface area contributed by atoms with E-state index in [9.17, 15) is 40.3 Å². The number of pyridine rings is 2. The summed E-state index contributed by atoms with van der Waals surface area (Å²) in [5.74, 6) is -4.40. The van der Waals surface area contributed by atoms with Gasteiger partial charge in [-0.25, -0.2) is 14.4 Å². The summed E-state index contributed by atoms with van der Waals surface area (Å²) in [7, 11) is 0. The van der Waals surface area contributed by atoms with Gasteiger partial charge in [0.1, 0.15) is 22.9 Å². The van der Waals surface area contributed by atoms with Gasteiger partial charge in [-0.15, -0.1) is 0 Å². The molecule has 40 heavy (non-hydrogen) atoms. The maximum absolute atomic E-state index is 13.6. The van der Waals surface area contributed by atoms with Crippen LogP contribution in [-0.2, 0) is 4.79 Å². The van der Waals surface area contributed by atoms with Gasteiger partial charge < -0.3 is 19.7 Å². The number of imidazole rings is 1. The number of aryl methyl sites for hydroxylation is 1. The van der Waals surface area contributed by atoms with Gasteiger partial charge in [0.05, 0.1) is 18.1 Å². The number of amides is 2. The molecule has 4 rings (SSSR count). The summed E-state index contributed by atoms with van der Waals surface area (Å²) >= 11 is 0. The van der Waals surface area contributed by atoms with Crippen LogP contribution in [0, 0.1) is 12.7 Å². The van der Waals surface area contributed by atoms with Crippen LogP contribution in [0.5, 0.6) is 17.4 Å². The topological polar surface area (TPSA) is 98.1 Å². The first-order chi connectivity index (χ1) is 18.5. The van der Waals surface area contributed by atoms with Crippen LogP contribution in [0.1, 0.15) is 35.9 Å². The first-order valence-corrected chi connectivity index (χ1v) is 11.7.